The number of aryl methyl sites for hydroxylation is 1. The lowest BCUT2D eigenvalue weighted by Crippen LogP contribution is -2.33. The molecule has 1 aromatic heterocycles. The Morgan fingerprint density at radius 2 is 2.40 bits per heavy atom. The van der Waals surface area contributed by atoms with Crippen molar-refractivity contribution in [3.63, 3.8) is 0 Å². The summed E-state index contributed by atoms with van der Waals surface area (Å²) in [5, 5.41) is 2.56. The number of rotatable bonds is 4. The number of carbonyl (C=O) groups excluding carboxylic acids is 2. The largest absolute Gasteiger partial charge is 0.343 e. The Kier molecular flexibility index (Phi) is 3.97. The molecule has 0 aliphatic rings. The maximum atomic E-state index is 11.6. The number of hydrogen-bond acceptors (Lipinski definition) is 3. The van der Waals surface area contributed by atoms with Gasteiger partial charge in [-0.2, -0.15) is 0 Å². The second-order valence-electron chi connectivity index (χ2n) is 3.29. The molecule has 1 unspecified atom stereocenters. The highest BCUT2D eigenvalue weighted by Crippen LogP contribution is 2.02. The molecule has 0 spiro atoms. The molecular weight excluding hydrogens is 192 g/mol. The molecule has 4 heteroatoms. The van der Waals surface area contributed by atoms with Crippen LogP contribution in [0.15, 0.2) is 18.3 Å². The van der Waals surface area contributed by atoms with E-state index < -0.39 is 6.04 Å². The van der Waals surface area contributed by atoms with Gasteiger partial charge in [-0.3, -0.25) is 9.78 Å². The van der Waals surface area contributed by atoms with Gasteiger partial charge in [0.15, 0.2) is 0 Å². The number of aldehydes is 1. The molecule has 1 atom stereocenters. The Bertz CT molecular complexity index is 363. The third-order valence-corrected chi connectivity index (χ3v) is 2.00. The van der Waals surface area contributed by atoms with E-state index in [0.29, 0.717) is 11.8 Å². The van der Waals surface area contributed by atoms with Gasteiger partial charge in [0.2, 0.25) is 0 Å². The summed E-state index contributed by atoms with van der Waals surface area (Å²) in [6, 6.07) is 2.90. The average molecular weight is 206 g/mol. The Morgan fingerprint density at radius 1 is 1.67 bits per heavy atom. The second kappa shape index (κ2) is 5.24. The van der Waals surface area contributed by atoms with Crippen molar-refractivity contribution in [3.8, 4) is 0 Å². The molecule has 1 heterocycles. The van der Waals surface area contributed by atoms with E-state index in [2.05, 4.69) is 10.3 Å². The zero-order valence-corrected chi connectivity index (χ0v) is 8.86. The Labute approximate surface area is 88.7 Å². The number of aromatic nitrogens is 1. The maximum absolute atomic E-state index is 11.6. The predicted molar refractivity (Wildman–Crippen MR) is 56.6 cm³/mol. The zero-order valence-electron chi connectivity index (χ0n) is 8.86. The van der Waals surface area contributed by atoms with Crippen LogP contribution in [0.5, 0.6) is 0 Å². The van der Waals surface area contributed by atoms with Gasteiger partial charge in [-0.05, 0) is 25.5 Å². The van der Waals surface area contributed by atoms with Crippen LogP contribution in [0.1, 0.15) is 29.9 Å². The molecule has 0 saturated heterocycles. The summed E-state index contributed by atoms with van der Waals surface area (Å²) in [5.41, 5.74) is 1.40. The zero-order chi connectivity index (χ0) is 11.3. The van der Waals surface area contributed by atoms with Gasteiger partial charge in [-0.1, -0.05) is 6.92 Å². The second-order valence-corrected chi connectivity index (χ2v) is 3.29. The molecule has 0 bridgehead atoms. The number of pyridine rings is 1. The molecule has 0 saturated carbocycles. The van der Waals surface area contributed by atoms with Crippen molar-refractivity contribution in [1.82, 2.24) is 10.3 Å². The lowest BCUT2D eigenvalue weighted by Gasteiger charge is -2.07. The van der Waals surface area contributed by atoms with Crippen LogP contribution < -0.4 is 5.32 Å². The van der Waals surface area contributed by atoms with Gasteiger partial charge < -0.3 is 10.1 Å². The molecule has 1 N–H and O–H groups in total. The first-order valence-corrected chi connectivity index (χ1v) is 4.88. The SMILES string of the molecule is CCc1cc(C(=O)NC(C)C=O)ccn1. The van der Waals surface area contributed by atoms with E-state index in [4.69, 9.17) is 0 Å². The number of amides is 1. The summed E-state index contributed by atoms with van der Waals surface area (Å²) in [7, 11) is 0. The smallest absolute Gasteiger partial charge is 0.251 e. The highest BCUT2D eigenvalue weighted by atomic mass is 16.2. The summed E-state index contributed by atoms with van der Waals surface area (Å²) in [6.45, 7) is 3.60. The lowest BCUT2D eigenvalue weighted by atomic mass is 10.2. The van der Waals surface area contributed by atoms with Gasteiger partial charge in [-0.15, -0.1) is 0 Å². The van der Waals surface area contributed by atoms with Crippen LogP contribution in [0.25, 0.3) is 0 Å². The normalized spacial score (nSPS) is 11.9. The Hall–Kier alpha value is -1.71. The van der Waals surface area contributed by atoms with Gasteiger partial charge >= 0.3 is 0 Å². The quantitative estimate of drug-likeness (QED) is 0.746. The van der Waals surface area contributed by atoms with E-state index >= 15 is 0 Å². The number of nitrogens with zero attached hydrogens (tertiary/aromatic N) is 1. The van der Waals surface area contributed by atoms with Crippen molar-refractivity contribution in [2.75, 3.05) is 0 Å². The van der Waals surface area contributed by atoms with Crippen LogP contribution in [0.3, 0.4) is 0 Å². The molecule has 15 heavy (non-hydrogen) atoms. The first-order valence-electron chi connectivity index (χ1n) is 4.88. The third kappa shape index (κ3) is 3.16. The molecule has 1 aromatic rings. The molecule has 1 amide bonds. The van der Waals surface area contributed by atoms with Crippen LogP contribution in [0, 0.1) is 0 Å². The van der Waals surface area contributed by atoms with Crippen LogP contribution in [-0.2, 0) is 11.2 Å². The first kappa shape index (κ1) is 11.4. The Balaban J connectivity index is 2.77. The van der Waals surface area contributed by atoms with Crippen LogP contribution in [-0.4, -0.2) is 23.2 Å². The average Bonchev–Trinajstić information content (AvgIpc) is 2.28. The van der Waals surface area contributed by atoms with Gasteiger partial charge in [-0.25, -0.2) is 0 Å². The van der Waals surface area contributed by atoms with Crippen molar-refractivity contribution in [3.05, 3.63) is 29.6 Å². The van der Waals surface area contributed by atoms with Gasteiger partial charge in [0.1, 0.15) is 6.29 Å². The molecule has 0 aliphatic heterocycles. The van der Waals surface area contributed by atoms with E-state index in [1.165, 1.54) is 0 Å². The Morgan fingerprint density at radius 3 is 3.00 bits per heavy atom. The highest BCUT2D eigenvalue weighted by molar-refractivity contribution is 5.95. The number of carbonyl (C=O) groups is 2. The van der Waals surface area contributed by atoms with Crippen LogP contribution >= 0.6 is 0 Å². The molecule has 0 fully saturated rings. The van der Waals surface area contributed by atoms with Crippen molar-refractivity contribution in [1.29, 1.82) is 0 Å². The van der Waals surface area contributed by atoms with Crippen molar-refractivity contribution in [2.24, 2.45) is 0 Å². The standard InChI is InChI=1S/C11H14N2O2/c1-3-10-6-9(4-5-12-10)11(15)13-8(2)7-14/h4-8H,3H2,1-2H3,(H,13,15). The van der Waals surface area contributed by atoms with Gasteiger partial charge in [0.25, 0.3) is 5.91 Å². The third-order valence-electron chi connectivity index (χ3n) is 2.00. The fraction of sp³-hybridized carbons (Fsp3) is 0.364. The highest BCUT2D eigenvalue weighted by Gasteiger charge is 2.08. The van der Waals surface area contributed by atoms with Crippen molar-refractivity contribution in [2.45, 2.75) is 26.3 Å². The molecule has 0 radical (unpaired) electrons. The van der Waals surface area contributed by atoms with Gasteiger partial charge in [0, 0.05) is 17.5 Å². The monoisotopic (exact) mass is 206 g/mol. The van der Waals surface area contributed by atoms with Gasteiger partial charge in [0.05, 0.1) is 6.04 Å². The van der Waals surface area contributed by atoms with Crippen LogP contribution in [0.2, 0.25) is 0 Å². The summed E-state index contributed by atoms with van der Waals surface area (Å²) >= 11 is 0. The van der Waals surface area contributed by atoms with E-state index in [9.17, 15) is 9.59 Å². The molecule has 0 aromatic carbocycles. The minimum atomic E-state index is -0.462. The molecule has 0 aliphatic carbocycles. The predicted octanol–water partition coefficient (Wildman–Crippen LogP) is 0.961. The lowest BCUT2D eigenvalue weighted by molar-refractivity contribution is -0.109. The minimum absolute atomic E-state index is 0.244. The molecule has 1 rings (SSSR count). The van der Waals surface area contributed by atoms with Crippen molar-refractivity contribution >= 4 is 12.2 Å². The number of nitrogens with one attached hydrogen (secondary N) is 1. The van der Waals surface area contributed by atoms with E-state index in [0.717, 1.165) is 12.1 Å². The summed E-state index contributed by atoms with van der Waals surface area (Å²) < 4.78 is 0. The summed E-state index contributed by atoms with van der Waals surface area (Å²) in [4.78, 5) is 26.0. The fourth-order valence-electron chi connectivity index (χ4n) is 1.14. The summed E-state index contributed by atoms with van der Waals surface area (Å²) in [6.07, 6.45) is 3.07. The molecule has 4 nitrogen and oxygen atoms in total. The summed E-state index contributed by atoms with van der Waals surface area (Å²) in [5.74, 6) is -0.244. The molecular formula is C11H14N2O2. The van der Waals surface area contributed by atoms with E-state index in [-0.39, 0.29) is 5.91 Å². The fourth-order valence-corrected chi connectivity index (χ4v) is 1.14. The van der Waals surface area contributed by atoms with E-state index in [1.54, 1.807) is 25.3 Å². The molecule has 80 valence electrons. The van der Waals surface area contributed by atoms with Crippen molar-refractivity contribution < 1.29 is 9.59 Å². The van der Waals surface area contributed by atoms with E-state index in [1.807, 2.05) is 6.92 Å². The maximum Gasteiger partial charge on any atom is 0.251 e. The first-order chi connectivity index (χ1) is 7.17. The number of hydrogen-bond donors (Lipinski definition) is 1. The topological polar surface area (TPSA) is 59.1 Å². The minimum Gasteiger partial charge on any atom is -0.343 e. The van der Waals surface area contributed by atoms with Crippen LogP contribution in [0.4, 0.5) is 0 Å².